The zero-order chi connectivity index (χ0) is 29.1. The van der Waals surface area contributed by atoms with E-state index in [1.54, 1.807) is 36.4 Å². The van der Waals surface area contributed by atoms with E-state index >= 15 is 0 Å². The molecule has 5 rings (SSSR count). The van der Waals surface area contributed by atoms with E-state index < -0.39 is 0 Å². The summed E-state index contributed by atoms with van der Waals surface area (Å²) in [5.41, 5.74) is 4.32. The predicted octanol–water partition coefficient (Wildman–Crippen LogP) is 5.95. The number of fused-ring (bicyclic) bond motifs is 2. The van der Waals surface area contributed by atoms with Gasteiger partial charge < -0.3 is 15.5 Å². The lowest BCUT2D eigenvalue weighted by Crippen LogP contribution is -2.55. The van der Waals surface area contributed by atoms with Crippen molar-refractivity contribution in [3.05, 3.63) is 88.7 Å². The van der Waals surface area contributed by atoms with Crippen molar-refractivity contribution >= 4 is 46.8 Å². The van der Waals surface area contributed by atoms with E-state index in [4.69, 9.17) is 11.6 Å². The zero-order valence-corrected chi connectivity index (χ0v) is 23.7. The maximum atomic E-state index is 13.5. The fourth-order valence-corrected chi connectivity index (χ4v) is 6.06. The average molecular weight is 575 g/mol. The summed E-state index contributed by atoms with van der Waals surface area (Å²) in [4.78, 5) is 41.2. The summed E-state index contributed by atoms with van der Waals surface area (Å²) < 4.78 is 13.3. The number of carbonyl (C=O) groups excluding carboxylic acids is 3. The summed E-state index contributed by atoms with van der Waals surface area (Å²) in [6.45, 7) is 5.11. The van der Waals surface area contributed by atoms with Gasteiger partial charge >= 0.3 is 0 Å². The third kappa shape index (κ3) is 6.84. The van der Waals surface area contributed by atoms with Crippen LogP contribution in [-0.4, -0.2) is 52.7 Å². The quantitative estimate of drug-likeness (QED) is 0.342. The lowest BCUT2D eigenvalue weighted by Gasteiger charge is -2.40. The largest absolute Gasteiger partial charge is 0.331 e. The van der Waals surface area contributed by atoms with E-state index in [0.717, 1.165) is 43.6 Å². The number of anilines is 2. The van der Waals surface area contributed by atoms with Crippen LogP contribution in [0.25, 0.3) is 17.2 Å². The Morgan fingerprint density at radius 2 is 1.63 bits per heavy atom. The van der Waals surface area contributed by atoms with E-state index in [1.165, 1.54) is 26.0 Å². The molecular formula is C32H32ClFN4O3. The highest BCUT2D eigenvalue weighted by Gasteiger charge is 2.41. The molecule has 0 aliphatic carbocycles. The zero-order valence-electron chi connectivity index (χ0n) is 23.0. The van der Waals surface area contributed by atoms with Crippen LogP contribution in [0.15, 0.2) is 66.7 Å². The fraction of sp³-hybridized carbons (Fsp3) is 0.281. The molecule has 2 aliphatic heterocycles. The van der Waals surface area contributed by atoms with Gasteiger partial charge in [-0.05, 0) is 72.0 Å². The van der Waals surface area contributed by atoms with Crippen LogP contribution < -0.4 is 10.6 Å². The van der Waals surface area contributed by atoms with Gasteiger partial charge in [0.15, 0.2) is 0 Å². The Morgan fingerprint density at radius 1 is 0.951 bits per heavy atom. The number of carbonyl (C=O) groups is 3. The highest BCUT2D eigenvalue weighted by molar-refractivity contribution is 6.34. The normalized spacial score (nSPS) is 18.5. The minimum absolute atomic E-state index is 0.0723. The van der Waals surface area contributed by atoms with Crippen LogP contribution in [0.3, 0.4) is 0 Å². The summed E-state index contributed by atoms with van der Waals surface area (Å²) in [7, 11) is 0. The van der Waals surface area contributed by atoms with E-state index in [2.05, 4.69) is 15.5 Å². The van der Waals surface area contributed by atoms with Crippen LogP contribution >= 0.6 is 11.6 Å². The Hall–Kier alpha value is -4.01. The van der Waals surface area contributed by atoms with Crippen LogP contribution in [0.2, 0.25) is 5.02 Å². The lowest BCUT2D eigenvalue weighted by molar-refractivity contribution is -0.131. The number of hydrogen-bond donors (Lipinski definition) is 2. The van der Waals surface area contributed by atoms with Crippen molar-refractivity contribution in [3.8, 4) is 11.1 Å². The number of likely N-dealkylation sites (tertiary alicyclic amines) is 1. The van der Waals surface area contributed by atoms with Crippen molar-refractivity contribution in [2.75, 3.05) is 23.7 Å². The van der Waals surface area contributed by atoms with Gasteiger partial charge in [0.25, 0.3) is 0 Å². The first-order chi connectivity index (χ1) is 19.7. The van der Waals surface area contributed by atoms with Crippen LogP contribution in [0.1, 0.15) is 37.8 Å². The molecule has 2 saturated heterocycles. The Kier molecular flexibility index (Phi) is 8.52. The van der Waals surface area contributed by atoms with E-state index in [1.807, 2.05) is 29.2 Å². The molecule has 2 bridgehead atoms. The number of amides is 3. The Morgan fingerprint density at radius 3 is 2.29 bits per heavy atom. The SMILES string of the molecule is CC(=O)Nc1cccc(-c2cc(/C=C/C(=O)N3C4CCC3CN(Cc3ccc(F)cc3)C4)c(NC(C)=O)cc2Cl)c1. The van der Waals surface area contributed by atoms with Crippen LogP contribution in [0.5, 0.6) is 0 Å². The number of rotatable bonds is 7. The van der Waals surface area contributed by atoms with Gasteiger partial charge in [0.1, 0.15) is 5.82 Å². The minimum atomic E-state index is -0.252. The molecular weight excluding hydrogens is 543 g/mol. The van der Waals surface area contributed by atoms with Crippen molar-refractivity contribution < 1.29 is 18.8 Å². The van der Waals surface area contributed by atoms with Gasteiger partial charge in [-0.3, -0.25) is 19.3 Å². The highest BCUT2D eigenvalue weighted by Crippen LogP contribution is 2.36. The van der Waals surface area contributed by atoms with Gasteiger partial charge in [-0.2, -0.15) is 0 Å². The van der Waals surface area contributed by atoms with Crippen LogP contribution in [0, 0.1) is 5.82 Å². The number of piperazine rings is 1. The van der Waals surface area contributed by atoms with Crippen molar-refractivity contribution in [2.24, 2.45) is 0 Å². The van der Waals surface area contributed by atoms with Gasteiger partial charge in [0, 0.05) is 68.6 Å². The molecule has 0 radical (unpaired) electrons. The number of halogens is 2. The second kappa shape index (κ2) is 12.2. The van der Waals surface area contributed by atoms with Crippen molar-refractivity contribution in [1.29, 1.82) is 0 Å². The standard InChI is InChI=1S/C32H32ClFN4O3/c1-20(39)35-26-5-3-4-23(14-26)29-15-24(31(16-30(29)33)36-21(2)40)8-13-32(41)38-27-11-12-28(38)19-37(18-27)17-22-6-9-25(34)10-7-22/h3-10,13-16,27-28H,11-12,17-19H2,1-2H3,(H,35,39)(H,36,40)/b13-8+. The smallest absolute Gasteiger partial charge is 0.247 e. The molecule has 9 heteroatoms. The Balaban J connectivity index is 1.36. The van der Waals surface area contributed by atoms with Gasteiger partial charge in [0.05, 0.1) is 5.02 Å². The molecule has 0 spiro atoms. The van der Waals surface area contributed by atoms with E-state index in [9.17, 15) is 18.8 Å². The molecule has 7 nitrogen and oxygen atoms in total. The third-order valence-electron chi connectivity index (χ3n) is 7.48. The summed E-state index contributed by atoms with van der Waals surface area (Å²) in [6.07, 6.45) is 5.16. The summed E-state index contributed by atoms with van der Waals surface area (Å²) in [5.74, 6) is -0.750. The maximum absolute atomic E-state index is 13.5. The number of nitrogens with zero attached hydrogens (tertiary/aromatic N) is 2. The van der Waals surface area contributed by atoms with Crippen molar-refractivity contribution in [2.45, 2.75) is 45.3 Å². The first kappa shape index (κ1) is 28.5. The summed E-state index contributed by atoms with van der Waals surface area (Å²) in [6, 6.07) is 17.6. The summed E-state index contributed by atoms with van der Waals surface area (Å²) in [5, 5.41) is 6.01. The van der Waals surface area contributed by atoms with Crippen LogP contribution in [0.4, 0.5) is 15.8 Å². The lowest BCUT2D eigenvalue weighted by atomic mass is 10.0. The topological polar surface area (TPSA) is 81.8 Å². The Bertz CT molecular complexity index is 1490. The first-order valence-electron chi connectivity index (χ1n) is 13.6. The minimum Gasteiger partial charge on any atom is -0.331 e. The molecule has 3 aromatic carbocycles. The number of benzene rings is 3. The molecule has 2 heterocycles. The molecule has 2 atom stereocenters. The monoisotopic (exact) mass is 574 g/mol. The summed E-state index contributed by atoms with van der Waals surface area (Å²) >= 11 is 6.63. The molecule has 2 N–H and O–H groups in total. The molecule has 0 aromatic heterocycles. The molecule has 2 aliphatic rings. The molecule has 212 valence electrons. The van der Waals surface area contributed by atoms with Gasteiger partial charge in [-0.15, -0.1) is 0 Å². The highest BCUT2D eigenvalue weighted by atomic mass is 35.5. The van der Waals surface area contributed by atoms with Crippen LogP contribution in [-0.2, 0) is 20.9 Å². The number of nitrogens with one attached hydrogen (secondary N) is 2. The predicted molar refractivity (Wildman–Crippen MR) is 160 cm³/mol. The van der Waals surface area contributed by atoms with Crippen molar-refractivity contribution in [3.63, 3.8) is 0 Å². The van der Waals surface area contributed by atoms with E-state index in [0.29, 0.717) is 27.5 Å². The second-order valence-electron chi connectivity index (χ2n) is 10.6. The molecule has 2 unspecified atom stereocenters. The van der Waals surface area contributed by atoms with Crippen molar-refractivity contribution in [1.82, 2.24) is 9.80 Å². The number of hydrogen-bond acceptors (Lipinski definition) is 4. The molecule has 3 amide bonds. The third-order valence-corrected chi connectivity index (χ3v) is 7.79. The molecule has 0 saturated carbocycles. The van der Waals surface area contributed by atoms with Gasteiger partial charge in [0.2, 0.25) is 17.7 Å². The fourth-order valence-electron chi connectivity index (χ4n) is 5.79. The first-order valence-corrected chi connectivity index (χ1v) is 14.0. The molecule has 41 heavy (non-hydrogen) atoms. The molecule has 2 fully saturated rings. The van der Waals surface area contributed by atoms with Gasteiger partial charge in [-0.25, -0.2) is 4.39 Å². The Labute approximate surface area is 244 Å². The maximum Gasteiger partial charge on any atom is 0.247 e. The van der Waals surface area contributed by atoms with E-state index in [-0.39, 0.29) is 35.6 Å². The van der Waals surface area contributed by atoms with Gasteiger partial charge in [-0.1, -0.05) is 35.9 Å². The average Bonchev–Trinajstić information content (AvgIpc) is 3.19. The second-order valence-corrected chi connectivity index (χ2v) is 11.1. The molecule has 3 aromatic rings.